The molecular weight excluding hydrogens is 374 g/mol. The maximum Gasteiger partial charge on any atom is 0.240 e. The monoisotopic (exact) mass is 397 g/mol. The molecule has 0 bridgehead atoms. The summed E-state index contributed by atoms with van der Waals surface area (Å²) >= 11 is 6.04. The molecule has 0 radical (unpaired) electrons. The van der Waals surface area contributed by atoms with Gasteiger partial charge in [0.15, 0.2) is 0 Å². The average Bonchev–Trinajstić information content (AvgIpc) is 2.61. The number of halogens is 1. The first kappa shape index (κ1) is 20.6. The van der Waals surface area contributed by atoms with Crippen molar-refractivity contribution >= 4 is 21.6 Å². The van der Waals surface area contributed by atoms with Gasteiger partial charge in [0.05, 0.1) is 12.0 Å². The summed E-state index contributed by atoms with van der Waals surface area (Å²) in [6.07, 6.45) is 0. The molecule has 0 aliphatic carbocycles. The Balaban J connectivity index is 2.00. The first-order valence-electron chi connectivity index (χ1n) is 8.31. The van der Waals surface area contributed by atoms with Gasteiger partial charge < -0.3 is 9.47 Å². The SMILES string of the molecule is COc1ccc(S(=O)(=O)NCCOc2ccc(C)c(Cl)c2)cc1C(C)C. The fraction of sp³-hybridized carbons (Fsp3) is 0.368. The minimum atomic E-state index is -3.62. The van der Waals surface area contributed by atoms with Crippen LogP contribution in [0.3, 0.4) is 0 Å². The maximum atomic E-state index is 12.5. The molecule has 2 aromatic carbocycles. The van der Waals surface area contributed by atoms with Gasteiger partial charge in [-0.2, -0.15) is 0 Å². The lowest BCUT2D eigenvalue weighted by atomic mass is 10.0. The van der Waals surface area contributed by atoms with Crippen LogP contribution in [0.1, 0.15) is 30.9 Å². The summed E-state index contributed by atoms with van der Waals surface area (Å²) in [5.74, 6) is 1.43. The third-order valence-electron chi connectivity index (χ3n) is 3.94. The standard InChI is InChI=1S/C19H24ClNO4S/c1-13(2)17-12-16(7-8-19(17)24-4)26(22,23)21-9-10-25-15-6-5-14(3)18(20)11-15/h5-8,11-13,21H,9-10H2,1-4H3. The van der Waals surface area contributed by atoms with Crippen molar-refractivity contribution in [1.29, 1.82) is 0 Å². The fourth-order valence-electron chi connectivity index (χ4n) is 2.42. The van der Waals surface area contributed by atoms with Crippen molar-refractivity contribution in [3.05, 3.63) is 52.5 Å². The zero-order chi connectivity index (χ0) is 19.3. The highest BCUT2D eigenvalue weighted by Gasteiger charge is 2.17. The molecule has 0 fully saturated rings. The van der Waals surface area contributed by atoms with Gasteiger partial charge in [-0.3, -0.25) is 0 Å². The lowest BCUT2D eigenvalue weighted by molar-refractivity contribution is 0.323. The molecule has 0 aliphatic heterocycles. The van der Waals surface area contributed by atoms with E-state index in [1.807, 2.05) is 26.8 Å². The summed E-state index contributed by atoms with van der Waals surface area (Å²) in [5, 5.41) is 0.613. The zero-order valence-corrected chi connectivity index (χ0v) is 16.9. The van der Waals surface area contributed by atoms with Crippen LogP contribution in [0, 0.1) is 6.92 Å². The van der Waals surface area contributed by atoms with Gasteiger partial charge in [-0.25, -0.2) is 13.1 Å². The Morgan fingerprint density at radius 2 is 1.88 bits per heavy atom. The molecule has 26 heavy (non-hydrogen) atoms. The number of methoxy groups -OCH3 is 1. The molecule has 0 amide bonds. The summed E-state index contributed by atoms with van der Waals surface area (Å²) in [5.41, 5.74) is 1.81. The lowest BCUT2D eigenvalue weighted by Gasteiger charge is -2.14. The molecule has 5 nitrogen and oxygen atoms in total. The maximum absolute atomic E-state index is 12.5. The van der Waals surface area contributed by atoms with E-state index in [0.717, 1.165) is 11.1 Å². The minimum absolute atomic E-state index is 0.148. The molecule has 0 saturated heterocycles. The van der Waals surface area contributed by atoms with Crippen LogP contribution in [-0.2, 0) is 10.0 Å². The van der Waals surface area contributed by atoms with E-state index in [1.165, 1.54) is 6.07 Å². The average molecular weight is 398 g/mol. The summed E-state index contributed by atoms with van der Waals surface area (Å²) in [4.78, 5) is 0.209. The van der Waals surface area contributed by atoms with Crippen LogP contribution < -0.4 is 14.2 Å². The number of benzene rings is 2. The smallest absolute Gasteiger partial charge is 0.240 e. The van der Waals surface area contributed by atoms with Gasteiger partial charge in [-0.1, -0.05) is 31.5 Å². The van der Waals surface area contributed by atoms with E-state index in [9.17, 15) is 8.42 Å². The third-order valence-corrected chi connectivity index (χ3v) is 5.81. The van der Waals surface area contributed by atoms with Crippen molar-refractivity contribution in [2.24, 2.45) is 0 Å². The first-order valence-corrected chi connectivity index (χ1v) is 10.2. The van der Waals surface area contributed by atoms with Crippen molar-refractivity contribution < 1.29 is 17.9 Å². The van der Waals surface area contributed by atoms with Gasteiger partial charge in [0.25, 0.3) is 0 Å². The predicted octanol–water partition coefficient (Wildman–Crippen LogP) is 4.14. The van der Waals surface area contributed by atoms with Gasteiger partial charge in [0.1, 0.15) is 18.1 Å². The molecule has 0 saturated carbocycles. The van der Waals surface area contributed by atoms with Crippen LogP contribution in [0.5, 0.6) is 11.5 Å². The van der Waals surface area contributed by atoms with Crippen LogP contribution in [0.4, 0.5) is 0 Å². The summed E-state index contributed by atoms with van der Waals surface area (Å²) in [6.45, 7) is 6.23. The van der Waals surface area contributed by atoms with Gasteiger partial charge in [0.2, 0.25) is 10.0 Å². The van der Waals surface area contributed by atoms with E-state index in [-0.39, 0.29) is 24.0 Å². The number of sulfonamides is 1. The molecule has 0 aromatic heterocycles. The molecular formula is C19H24ClNO4S. The van der Waals surface area contributed by atoms with Crippen molar-refractivity contribution in [2.75, 3.05) is 20.3 Å². The van der Waals surface area contributed by atoms with Gasteiger partial charge in [0, 0.05) is 11.6 Å². The summed E-state index contributed by atoms with van der Waals surface area (Å²) < 4.78 is 38.4. The van der Waals surface area contributed by atoms with Crippen molar-refractivity contribution in [3.63, 3.8) is 0 Å². The van der Waals surface area contributed by atoms with Crippen LogP contribution in [0.25, 0.3) is 0 Å². The summed E-state index contributed by atoms with van der Waals surface area (Å²) in [6, 6.07) is 10.2. The second-order valence-corrected chi connectivity index (χ2v) is 8.39. The fourth-order valence-corrected chi connectivity index (χ4v) is 3.64. The molecule has 0 heterocycles. The Morgan fingerprint density at radius 1 is 1.15 bits per heavy atom. The highest BCUT2D eigenvalue weighted by Crippen LogP contribution is 2.28. The highest BCUT2D eigenvalue weighted by atomic mass is 35.5. The highest BCUT2D eigenvalue weighted by molar-refractivity contribution is 7.89. The van der Waals surface area contributed by atoms with Crippen LogP contribution in [0.15, 0.2) is 41.3 Å². The van der Waals surface area contributed by atoms with Crippen LogP contribution in [0.2, 0.25) is 5.02 Å². The third kappa shape index (κ3) is 5.13. The lowest BCUT2D eigenvalue weighted by Crippen LogP contribution is -2.28. The van der Waals surface area contributed by atoms with E-state index in [0.29, 0.717) is 16.5 Å². The predicted molar refractivity (Wildman–Crippen MR) is 104 cm³/mol. The van der Waals surface area contributed by atoms with E-state index < -0.39 is 10.0 Å². The van der Waals surface area contributed by atoms with Crippen LogP contribution in [-0.4, -0.2) is 28.7 Å². The largest absolute Gasteiger partial charge is 0.496 e. The van der Waals surface area contributed by atoms with Crippen molar-refractivity contribution in [3.8, 4) is 11.5 Å². The zero-order valence-electron chi connectivity index (χ0n) is 15.4. The van der Waals surface area contributed by atoms with E-state index >= 15 is 0 Å². The molecule has 0 spiro atoms. The second kappa shape index (κ2) is 8.75. The quantitative estimate of drug-likeness (QED) is 0.680. The van der Waals surface area contributed by atoms with E-state index in [4.69, 9.17) is 21.1 Å². The number of nitrogens with one attached hydrogen (secondary N) is 1. The van der Waals surface area contributed by atoms with E-state index in [1.54, 1.807) is 31.4 Å². The second-order valence-electron chi connectivity index (χ2n) is 6.22. The van der Waals surface area contributed by atoms with Crippen molar-refractivity contribution in [2.45, 2.75) is 31.6 Å². The molecule has 2 aromatic rings. The molecule has 0 unspecified atom stereocenters. The number of hydrogen-bond acceptors (Lipinski definition) is 4. The van der Waals surface area contributed by atoms with Gasteiger partial charge in [-0.05, 0) is 54.3 Å². The van der Waals surface area contributed by atoms with Crippen LogP contribution >= 0.6 is 11.6 Å². The molecule has 142 valence electrons. The number of rotatable bonds is 8. The van der Waals surface area contributed by atoms with E-state index in [2.05, 4.69) is 4.72 Å². The number of aryl methyl sites for hydroxylation is 1. The first-order chi connectivity index (χ1) is 12.2. The Hall–Kier alpha value is -1.76. The Bertz CT molecular complexity index is 866. The Kier molecular flexibility index (Phi) is 6.92. The van der Waals surface area contributed by atoms with Crippen molar-refractivity contribution in [1.82, 2.24) is 4.72 Å². The Labute approximate surface area is 160 Å². The molecule has 0 atom stereocenters. The number of hydrogen-bond donors (Lipinski definition) is 1. The molecule has 2 rings (SSSR count). The summed E-state index contributed by atoms with van der Waals surface area (Å²) in [7, 11) is -2.05. The topological polar surface area (TPSA) is 64.6 Å². The normalized spacial score (nSPS) is 11.6. The molecule has 0 aliphatic rings. The molecule has 1 N–H and O–H groups in total. The van der Waals surface area contributed by atoms with Gasteiger partial charge >= 0.3 is 0 Å². The minimum Gasteiger partial charge on any atom is -0.496 e. The molecule has 7 heteroatoms. The Morgan fingerprint density at radius 3 is 2.50 bits per heavy atom. The number of ether oxygens (including phenoxy) is 2. The van der Waals surface area contributed by atoms with Gasteiger partial charge in [-0.15, -0.1) is 0 Å².